The first kappa shape index (κ1) is 16.8. The minimum atomic E-state index is 0.208. The first-order chi connectivity index (χ1) is 13.2. The van der Waals surface area contributed by atoms with Crippen LogP contribution in [0.15, 0.2) is 36.4 Å². The summed E-state index contributed by atoms with van der Waals surface area (Å²) >= 11 is 0. The van der Waals surface area contributed by atoms with E-state index in [-0.39, 0.29) is 12.2 Å². The fourth-order valence-electron chi connectivity index (χ4n) is 4.22. The molecule has 2 aromatic rings. The van der Waals surface area contributed by atoms with Crippen LogP contribution in [0.5, 0.6) is 23.0 Å². The molecule has 0 saturated carbocycles. The average molecular weight is 368 g/mol. The van der Waals surface area contributed by atoms with E-state index in [1.54, 1.807) is 0 Å². The summed E-state index contributed by atoms with van der Waals surface area (Å²) in [5.74, 6) is 4.32. The first-order valence-corrected chi connectivity index (χ1v) is 9.60. The van der Waals surface area contributed by atoms with Gasteiger partial charge < -0.3 is 23.7 Å². The van der Waals surface area contributed by atoms with Gasteiger partial charge in [-0.15, -0.1) is 0 Å². The number of hydrogen-bond acceptors (Lipinski definition) is 5. The van der Waals surface area contributed by atoms with Gasteiger partial charge >= 0.3 is 0 Å². The topological polar surface area (TPSA) is 46.2 Å². The fourth-order valence-corrected chi connectivity index (χ4v) is 4.22. The lowest BCUT2D eigenvalue weighted by atomic mass is 9.86. The van der Waals surface area contributed by atoms with Gasteiger partial charge in [0.2, 0.25) is 13.6 Å². The Morgan fingerprint density at radius 1 is 0.667 bits per heavy atom. The molecule has 1 fully saturated rings. The van der Waals surface area contributed by atoms with Crippen molar-refractivity contribution in [2.24, 2.45) is 11.8 Å². The molecule has 3 heterocycles. The van der Waals surface area contributed by atoms with E-state index in [4.69, 9.17) is 23.7 Å². The Balaban J connectivity index is 1.27. The number of fused-ring (bicyclic) bond motifs is 2. The number of rotatable bonds is 4. The smallest absolute Gasteiger partial charge is 0.231 e. The third kappa shape index (κ3) is 3.10. The van der Waals surface area contributed by atoms with Crippen LogP contribution in [0.3, 0.4) is 0 Å². The van der Waals surface area contributed by atoms with Crippen LogP contribution >= 0.6 is 0 Å². The van der Waals surface area contributed by atoms with E-state index in [9.17, 15) is 0 Å². The normalized spacial score (nSPS) is 27.9. The van der Waals surface area contributed by atoms with Gasteiger partial charge in [0.25, 0.3) is 0 Å². The molecule has 3 aliphatic heterocycles. The highest BCUT2D eigenvalue weighted by Gasteiger charge is 2.39. The standard InChI is InChI=1S/C22H24O5/c1-13-14(2)20(8-16-4-6-18-22(10-16)26-12-24-18)27-19(13)7-15-3-5-17-21(9-15)25-11-23-17/h3-6,9-10,13-14,19-20H,7-8,11-12H2,1-2H3. The summed E-state index contributed by atoms with van der Waals surface area (Å²) in [6, 6.07) is 12.4. The Bertz CT molecular complexity index is 779. The molecule has 2 aromatic carbocycles. The van der Waals surface area contributed by atoms with Gasteiger partial charge in [-0.3, -0.25) is 0 Å². The summed E-state index contributed by atoms with van der Waals surface area (Å²) in [5.41, 5.74) is 2.46. The molecule has 4 atom stereocenters. The minimum absolute atomic E-state index is 0.208. The lowest BCUT2D eigenvalue weighted by molar-refractivity contribution is 0.0316. The van der Waals surface area contributed by atoms with E-state index >= 15 is 0 Å². The molecule has 3 aliphatic rings. The van der Waals surface area contributed by atoms with E-state index in [1.165, 1.54) is 11.1 Å². The Morgan fingerprint density at radius 3 is 1.59 bits per heavy atom. The quantitative estimate of drug-likeness (QED) is 0.817. The van der Waals surface area contributed by atoms with Crippen LogP contribution in [0.2, 0.25) is 0 Å². The molecule has 5 rings (SSSR count). The van der Waals surface area contributed by atoms with Gasteiger partial charge in [0.05, 0.1) is 12.2 Å². The van der Waals surface area contributed by atoms with Crippen LogP contribution in [0.1, 0.15) is 25.0 Å². The molecule has 0 aliphatic carbocycles. The maximum absolute atomic E-state index is 6.49. The van der Waals surface area contributed by atoms with Crippen molar-refractivity contribution in [3.8, 4) is 23.0 Å². The van der Waals surface area contributed by atoms with Gasteiger partial charge in [0, 0.05) is 0 Å². The third-order valence-corrected chi connectivity index (χ3v) is 6.10. The number of benzene rings is 2. The highest BCUT2D eigenvalue weighted by molar-refractivity contribution is 5.45. The molecule has 0 radical (unpaired) electrons. The van der Waals surface area contributed by atoms with Gasteiger partial charge in [0.15, 0.2) is 23.0 Å². The molecule has 0 amide bonds. The summed E-state index contributed by atoms with van der Waals surface area (Å²) in [6.45, 7) is 5.21. The molecule has 5 nitrogen and oxygen atoms in total. The monoisotopic (exact) mass is 368 g/mol. The SMILES string of the molecule is CC1C(Cc2ccc3c(c2)OCO3)OC(Cc2ccc3c(c2)OCO3)C1C. The van der Waals surface area contributed by atoms with Crippen molar-refractivity contribution in [3.63, 3.8) is 0 Å². The summed E-state index contributed by atoms with van der Waals surface area (Å²) in [6.07, 6.45) is 2.19. The lowest BCUT2D eigenvalue weighted by Gasteiger charge is -2.16. The average Bonchev–Trinajstić information content (AvgIpc) is 3.38. The van der Waals surface area contributed by atoms with Gasteiger partial charge in [-0.2, -0.15) is 0 Å². The zero-order chi connectivity index (χ0) is 18.4. The molecule has 0 bridgehead atoms. The van der Waals surface area contributed by atoms with Crippen LogP contribution in [0, 0.1) is 11.8 Å². The maximum atomic E-state index is 6.49. The van der Waals surface area contributed by atoms with Crippen LogP contribution in [-0.2, 0) is 17.6 Å². The van der Waals surface area contributed by atoms with Gasteiger partial charge in [-0.05, 0) is 60.1 Å². The zero-order valence-corrected chi connectivity index (χ0v) is 15.6. The Morgan fingerprint density at radius 2 is 1.11 bits per heavy atom. The third-order valence-electron chi connectivity index (χ3n) is 6.10. The van der Waals surface area contributed by atoms with E-state index in [0.717, 1.165) is 35.8 Å². The van der Waals surface area contributed by atoms with Crippen molar-refractivity contribution >= 4 is 0 Å². The maximum Gasteiger partial charge on any atom is 0.231 e. The predicted octanol–water partition coefficient (Wildman–Crippen LogP) is 3.97. The Labute approximate surface area is 159 Å². The Hall–Kier alpha value is -2.40. The molecule has 142 valence electrons. The van der Waals surface area contributed by atoms with Crippen LogP contribution in [0.4, 0.5) is 0 Å². The predicted molar refractivity (Wildman–Crippen MR) is 99.5 cm³/mol. The summed E-state index contributed by atoms with van der Waals surface area (Å²) in [7, 11) is 0. The Kier molecular flexibility index (Phi) is 4.12. The van der Waals surface area contributed by atoms with Gasteiger partial charge in [-0.25, -0.2) is 0 Å². The molecule has 0 aromatic heterocycles. The fraction of sp³-hybridized carbons (Fsp3) is 0.455. The molecule has 4 unspecified atom stereocenters. The molecule has 5 heteroatoms. The largest absolute Gasteiger partial charge is 0.454 e. The van der Waals surface area contributed by atoms with Crippen molar-refractivity contribution in [1.29, 1.82) is 0 Å². The highest BCUT2D eigenvalue weighted by atomic mass is 16.7. The first-order valence-electron chi connectivity index (χ1n) is 9.60. The number of hydrogen-bond donors (Lipinski definition) is 0. The number of ether oxygens (including phenoxy) is 5. The van der Waals surface area contributed by atoms with Gasteiger partial charge in [-0.1, -0.05) is 26.0 Å². The van der Waals surface area contributed by atoms with E-state index < -0.39 is 0 Å². The van der Waals surface area contributed by atoms with Crippen molar-refractivity contribution in [1.82, 2.24) is 0 Å². The molecule has 1 saturated heterocycles. The van der Waals surface area contributed by atoms with Crippen LogP contribution in [0.25, 0.3) is 0 Å². The lowest BCUT2D eigenvalue weighted by Crippen LogP contribution is -2.18. The molecule has 0 spiro atoms. The van der Waals surface area contributed by atoms with Crippen LogP contribution < -0.4 is 18.9 Å². The second-order valence-corrected chi connectivity index (χ2v) is 7.71. The molecule has 27 heavy (non-hydrogen) atoms. The highest BCUT2D eigenvalue weighted by Crippen LogP contribution is 2.39. The van der Waals surface area contributed by atoms with Crippen LogP contribution in [-0.4, -0.2) is 25.8 Å². The molecular formula is C22H24O5. The minimum Gasteiger partial charge on any atom is -0.454 e. The summed E-state index contributed by atoms with van der Waals surface area (Å²) in [4.78, 5) is 0. The van der Waals surface area contributed by atoms with Crippen molar-refractivity contribution in [2.45, 2.75) is 38.9 Å². The van der Waals surface area contributed by atoms with Crippen molar-refractivity contribution in [3.05, 3.63) is 47.5 Å². The second-order valence-electron chi connectivity index (χ2n) is 7.71. The van der Waals surface area contributed by atoms with E-state index in [0.29, 0.717) is 25.4 Å². The van der Waals surface area contributed by atoms with E-state index in [2.05, 4.69) is 38.1 Å². The molecule has 0 N–H and O–H groups in total. The molecular weight excluding hydrogens is 344 g/mol. The summed E-state index contributed by atoms with van der Waals surface area (Å²) < 4.78 is 28.3. The zero-order valence-electron chi connectivity index (χ0n) is 15.6. The van der Waals surface area contributed by atoms with Crippen molar-refractivity contribution in [2.75, 3.05) is 13.6 Å². The van der Waals surface area contributed by atoms with E-state index in [1.807, 2.05) is 12.1 Å². The van der Waals surface area contributed by atoms with Gasteiger partial charge in [0.1, 0.15) is 0 Å². The summed E-state index contributed by atoms with van der Waals surface area (Å²) in [5, 5.41) is 0. The second kappa shape index (κ2) is 6.64. The van der Waals surface area contributed by atoms with Crippen molar-refractivity contribution < 1.29 is 23.7 Å².